The Bertz CT molecular complexity index is 535. The summed E-state index contributed by atoms with van der Waals surface area (Å²) in [6.07, 6.45) is 1.37. The Hall–Kier alpha value is -2.03. The first kappa shape index (κ1) is 11.5. The van der Waals surface area contributed by atoms with Crippen molar-refractivity contribution in [2.45, 2.75) is 0 Å². The topological polar surface area (TPSA) is 142 Å². The molecule has 9 heteroatoms. The molecule has 0 aliphatic heterocycles. The molecule has 0 radical (unpaired) electrons. The van der Waals surface area contributed by atoms with Crippen molar-refractivity contribution >= 4 is 39.9 Å². The molecular formula is C8H12N8S. The molecule has 7 N–H and O–H groups in total. The standard InChI is InChI=1S/C8H12N8S/c9-5-4-6(14-3-13-5)16-8(15-4)12-1-2-17-7(10)11/h3H,1-2H2,(H3,10,11)(H4,9,12,13,14,15,16). The summed E-state index contributed by atoms with van der Waals surface area (Å²) in [7, 11) is 0. The second kappa shape index (κ2) is 4.87. The molecule has 0 aromatic carbocycles. The summed E-state index contributed by atoms with van der Waals surface area (Å²) >= 11 is 1.26. The number of hydrogen-bond donors (Lipinski definition) is 5. The van der Waals surface area contributed by atoms with E-state index in [1.807, 2.05) is 0 Å². The third-order valence-corrected chi connectivity index (χ3v) is 2.69. The minimum atomic E-state index is 0.103. The summed E-state index contributed by atoms with van der Waals surface area (Å²) in [5, 5.41) is 10.2. The first-order valence-corrected chi connectivity index (χ1v) is 5.82. The Morgan fingerprint density at radius 1 is 1.53 bits per heavy atom. The van der Waals surface area contributed by atoms with Crippen molar-refractivity contribution in [2.75, 3.05) is 23.3 Å². The lowest BCUT2D eigenvalue weighted by molar-refractivity contribution is 1.15. The highest BCUT2D eigenvalue weighted by atomic mass is 32.2. The summed E-state index contributed by atoms with van der Waals surface area (Å²) in [4.78, 5) is 15.0. The van der Waals surface area contributed by atoms with Gasteiger partial charge in [0.05, 0.1) is 0 Å². The number of nitrogens with zero attached hydrogens (tertiary/aromatic N) is 3. The van der Waals surface area contributed by atoms with Gasteiger partial charge in [0, 0.05) is 12.3 Å². The van der Waals surface area contributed by atoms with Crippen LogP contribution in [0.2, 0.25) is 0 Å². The summed E-state index contributed by atoms with van der Waals surface area (Å²) in [6, 6.07) is 0. The van der Waals surface area contributed by atoms with E-state index in [2.05, 4.69) is 25.3 Å². The molecule has 90 valence electrons. The van der Waals surface area contributed by atoms with Crippen LogP contribution in [0.25, 0.3) is 11.2 Å². The van der Waals surface area contributed by atoms with Crippen molar-refractivity contribution in [1.29, 1.82) is 5.41 Å². The van der Waals surface area contributed by atoms with E-state index in [0.717, 1.165) is 0 Å². The Morgan fingerprint density at radius 3 is 3.06 bits per heavy atom. The summed E-state index contributed by atoms with van der Waals surface area (Å²) in [5.41, 5.74) is 12.0. The molecule has 0 aliphatic rings. The fourth-order valence-electron chi connectivity index (χ4n) is 1.26. The van der Waals surface area contributed by atoms with Crippen LogP contribution in [-0.4, -0.2) is 37.4 Å². The van der Waals surface area contributed by atoms with E-state index in [1.54, 1.807) is 0 Å². The maximum atomic E-state index is 7.05. The van der Waals surface area contributed by atoms with Gasteiger partial charge in [0.15, 0.2) is 16.6 Å². The SMILES string of the molecule is N=C(N)SCCNc1nc2ncnc(N)c2[nH]1. The fraction of sp³-hybridized carbons (Fsp3) is 0.250. The predicted octanol–water partition coefficient (Wildman–Crippen LogP) is -0.0263. The minimum absolute atomic E-state index is 0.103. The average molecular weight is 252 g/mol. The second-order valence-electron chi connectivity index (χ2n) is 3.18. The molecule has 0 fully saturated rings. The van der Waals surface area contributed by atoms with Gasteiger partial charge in [-0.05, 0) is 0 Å². The van der Waals surface area contributed by atoms with Crippen LogP contribution in [0, 0.1) is 5.41 Å². The van der Waals surface area contributed by atoms with Crippen LogP contribution in [0.3, 0.4) is 0 Å². The third-order valence-electron chi connectivity index (χ3n) is 1.97. The molecule has 0 spiro atoms. The Morgan fingerprint density at radius 2 is 2.35 bits per heavy atom. The smallest absolute Gasteiger partial charge is 0.202 e. The van der Waals surface area contributed by atoms with E-state index < -0.39 is 0 Å². The largest absolute Gasteiger partial charge is 0.382 e. The second-order valence-corrected chi connectivity index (χ2v) is 4.32. The molecule has 0 bridgehead atoms. The number of hydrogen-bond acceptors (Lipinski definition) is 7. The molecule has 8 nitrogen and oxygen atoms in total. The predicted molar refractivity (Wildman–Crippen MR) is 69.0 cm³/mol. The van der Waals surface area contributed by atoms with Crippen molar-refractivity contribution in [3.05, 3.63) is 6.33 Å². The number of imidazole rings is 1. The zero-order chi connectivity index (χ0) is 12.3. The van der Waals surface area contributed by atoms with Crippen LogP contribution in [0.5, 0.6) is 0 Å². The Labute approximate surface area is 101 Å². The van der Waals surface area contributed by atoms with Gasteiger partial charge >= 0.3 is 0 Å². The van der Waals surface area contributed by atoms with Gasteiger partial charge in [0.1, 0.15) is 11.8 Å². The van der Waals surface area contributed by atoms with E-state index in [1.165, 1.54) is 18.1 Å². The monoisotopic (exact) mass is 252 g/mol. The molecule has 0 atom stereocenters. The number of nitrogens with two attached hydrogens (primary N) is 2. The number of aromatic nitrogens is 4. The average Bonchev–Trinajstić information content (AvgIpc) is 2.69. The zero-order valence-electron chi connectivity index (χ0n) is 8.90. The van der Waals surface area contributed by atoms with Crippen LogP contribution in [0.4, 0.5) is 11.8 Å². The van der Waals surface area contributed by atoms with Gasteiger partial charge in [-0.1, -0.05) is 11.8 Å². The van der Waals surface area contributed by atoms with Gasteiger partial charge in [-0.3, -0.25) is 5.41 Å². The minimum Gasteiger partial charge on any atom is -0.382 e. The lowest BCUT2D eigenvalue weighted by Crippen LogP contribution is -2.10. The molecule has 0 aliphatic carbocycles. The lowest BCUT2D eigenvalue weighted by atomic mass is 10.5. The molecule has 2 heterocycles. The van der Waals surface area contributed by atoms with Crippen molar-refractivity contribution < 1.29 is 0 Å². The van der Waals surface area contributed by atoms with Gasteiger partial charge in [-0.25, -0.2) is 9.97 Å². The van der Waals surface area contributed by atoms with Crippen molar-refractivity contribution in [1.82, 2.24) is 19.9 Å². The molecule has 2 rings (SSSR count). The molecule has 0 unspecified atom stereocenters. The summed E-state index contributed by atoms with van der Waals surface area (Å²) in [5.74, 6) is 1.64. The Balaban J connectivity index is 2.00. The van der Waals surface area contributed by atoms with Crippen molar-refractivity contribution in [3.63, 3.8) is 0 Å². The molecule has 2 aromatic heterocycles. The number of nitrogens with one attached hydrogen (secondary N) is 3. The van der Waals surface area contributed by atoms with E-state index >= 15 is 0 Å². The fourth-order valence-corrected chi connectivity index (χ4v) is 1.68. The number of rotatable bonds is 4. The first-order chi connectivity index (χ1) is 8.16. The Kier molecular flexibility index (Phi) is 3.28. The number of H-pyrrole nitrogens is 1. The van der Waals surface area contributed by atoms with E-state index in [9.17, 15) is 0 Å². The van der Waals surface area contributed by atoms with Gasteiger partial charge < -0.3 is 21.8 Å². The zero-order valence-corrected chi connectivity index (χ0v) is 9.71. The maximum absolute atomic E-state index is 7.05. The summed E-state index contributed by atoms with van der Waals surface area (Å²) in [6.45, 7) is 0.636. The number of aromatic amines is 1. The highest BCUT2D eigenvalue weighted by molar-refractivity contribution is 8.13. The van der Waals surface area contributed by atoms with E-state index in [4.69, 9.17) is 16.9 Å². The molecule has 0 saturated carbocycles. The van der Waals surface area contributed by atoms with Crippen LogP contribution in [-0.2, 0) is 0 Å². The number of amidine groups is 1. The number of nitrogen functional groups attached to an aromatic ring is 1. The maximum Gasteiger partial charge on any atom is 0.202 e. The lowest BCUT2D eigenvalue weighted by Gasteiger charge is -2.00. The number of fused-ring (bicyclic) bond motifs is 1. The van der Waals surface area contributed by atoms with Crippen LogP contribution >= 0.6 is 11.8 Å². The molecule has 2 aromatic rings. The molecule has 17 heavy (non-hydrogen) atoms. The van der Waals surface area contributed by atoms with Crippen molar-refractivity contribution in [3.8, 4) is 0 Å². The van der Waals surface area contributed by atoms with E-state index in [-0.39, 0.29) is 5.17 Å². The van der Waals surface area contributed by atoms with Crippen molar-refractivity contribution in [2.24, 2.45) is 5.73 Å². The van der Waals surface area contributed by atoms with Gasteiger partial charge in [0.25, 0.3) is 0 Å². The number of anilines is 2. The first-order valence-electron chi connectivity index (χ1n) is 4.83. The van der Waals surface area contributed by atoms with Gasteiger partial charge in [-0.15, -0.1) is 0 Å². The van der Waals surface area contributed by atoms with E-state index in [0.29, 0.717) is 35.2 Å². The van der Waals surface area contributed by atoms with Gasteiger partial charge in [0.2, 0.25) is 5.95 Å². The highest BCUT2D eigenvalue weighted by Crippen LogP contribution is 2.15. The highest BCUT2D eigenvalue weighted by Gasteiger charge is 2.06. The molecule has 0 saturated heterocycles. The molecular weight excluding hydrogens is 240 g/mol. The normalized spacial score (nSPS) is 10.6. The van der Waals surface area contributed by atoms with Crippen LogP contribution in [0.15, 0.2) is 6.33 Å². The molecule has 0 amide bonds. The number of thioether (sulfide) groups is 1. The van der Waals surface area contributed by atoms with Crippen LogP contribution < -0.4 is 16.8 Å². The van der Waals surface area contributed by atoms with Gasteiger partial charge in [-0.2, -0.15) is 4.98 Å². The third kappa shape index (κ3) is 2.75. The van der Waals surface area contributed by atoms with Crippen LogP contribution in [0.1, 0.15) is 0 Å². The summed E-state index contributed by atoms with van der Waals surface area (Å²) < 4.78 is 0. The quantitative estimate of drug-likeness (QED) is 0.292.